The first-order valence-corrected chi connectivity index (χ1v) is 7.21. The van der Waals surface area contributed by atoms with Gasteiger partial charge in [0.25, 0.3) is 0 Å². The molecule has 0 spiro atoms. The molecule has 2 aromatic carbocycles. The van der Waals surface area contributed by atoms with Gasteiger partial charge in [0.05, 0.1) is 6.61 Å². The van der Waals surface area contributed by atoms with Crippen LogP contribution in [0.3, 0.4) is 0 Å². The summed E-state index contributed by atoms with van der Waals surface area (Å²) in [6, 6.07) is 19.8. The number of carbonyl (C=O) groups excluding carboxylic acids is 1. The van der Waals surface area contributed by atoms with Gasteiger partial charge in [0.2, 0.25) is 5.91 Å². The molecule has 0 aliphatic carbocycles. The summed E-state index contributed by atoms with van der Waals surface area (Å²) in [6.45, 7) is 1.74. The summed E-state index contributed by atoms with van der Waals surface area (Å²) >= 11 is 0. The van der Waals surface area contributed by atoms with Crippen LogP contribution in [-0.2, 0) is 4.79 Å². The van der Waals surface area contributed by atoms with Crippen molar-refractivity contribution in [2.45, 2.75) is 25.3 Å². The van der Waals surface area contributed by atoms with Crippen LogP contribution in [0.15, 0.2) is 60.7 Å². The van der Waals surface area contributed by atoms with Crippen molar-refractivity contribution in [1.29, 1.82) is 0 Å². The largest absolute Gasteiger partial charge is 0.394 e. The lowest BCUT2D eigenvalue weighted by molar-refractivity contribution is -0.122. The SMILES string of the molecule is CC(CO)NC(=O)CC(c1ccccc1)c1ccccc1. The Morgan fingerprint density at radius 2 is 1.48 bits per heavy atom. The van der Waals surface area contributed by atoms with Gasteiger partial charge in [0.15, 0.2) is 0 Å². The van der Waals surface area contributed by atoms with Crippen LogP contribution in [0, 0.1) is 0 Å². The molecule has 2 N–H and O–H groups in total. The average molecular weight is 283 g/mol. The first-order chi connectivity index (χ1) is 10.2. The van der Waals surface area contributed by atoms with Gasteiger partial charge in [-0.15, -0.1) is 0 Å². The van der Waals surface area contributed by atoms with E-state index in [0.717, 1.165) is 11.1 Å². The number of benzene rings is 2. The standard InChI is InChI=1S/C18H21NO2/c1-14(13-20)19-18(21)12-17(15-8-4-2-5-9-15)16-10-6-3-7-11-16/h2-11,14,17,20H,12-13H2,1H3,(H,19,21). The van der Waals surface area contributed by atoms with Crippen LogP contribution in [0.4, 0.5) is 0 Å². The Kier molecular flexibility index (Phi) is 5.52. The van der Waals surface area contributed by atoms with Crippen LogP contribution in [0.5, 0.6) is 0 Å². The normalized spacial score (nSPS) is 12.1. The van der Waals surface area contributed by atoms with Gasteiger partial charge in [0, 0.05) is 18.4 Å². The van der Waals surface area contributed by atoms with Crippen molar-refractivity contribution in [3.63, 3.8) is 0 Å². The van der Waals surface area contributed by atoms with E-state index in [-0.39, 0.29) is 24.5 Å². The molecule has 110 valence electrons. The third-order valence-corrected chi connectivity index (χ3v) is 3.47. The van der Waals surface area contributed by atoms with E-state index >= 15 is 0 Å². The summed E-state index contributed by atoms with van der Waals surface area (Å²) in [5.74, 6) is -0.0208. The number of nitrogens with one attached hydrogen (secondary N) is 1. The molecular formula is C18H21NO2. The first-order valence-electron chi connectivity index (χ1n) is 7.21. The van der Waals surface area contributed by atoms with Crippen LogP contribution in [0.25, 0.3) is 0 Å². The molecule has 0 fully saturated rings. The topological polar surface area (TPSA) is 49.3 Å². The van der Waals surface area contributed by atoms with Gasteiger partial charge in [-0.25, -0.2) is 0 Å². The molecule has 3 nitrogen and oxygen atoms in total. The minimum Gasteiger partial charge on any atom is -0.394 e. The quantitative estimate of drug-likeness (QED) is 0.856. The van der Waals surface area contributed by atoms with E-state index in [0.29, 0.717) is 6.42 Å². The molecule has 21 heavy (non-hydrogen) atoms. The Morgan fingerprint density at radius 3 is 1.90 bits per heavy atom. The number of hydrogen-bond acceptors (Lipinski definition) is 2. The molecule has 0 aliphatic heterocycles. The van der Waals surface area contributed by atoms with E-state index in [1.54, 1.807) is 6.92 Å². The monoisotopic (exact) mass is 283 g/mol. The van der Waals surface area contributed by atoms with E-state index in [2.05, 4.69) is 5.32 Å². The van der Waals surface area contributed by atoms with Gasteiger partial charge < -0.3 is 10.4 Å². The molecule has 0 aromatic heterocycles. The lowest BCUT2D eigenvalue weighted by Gasteiger charge is -2.19. The minimum atomic E-state index is -0.218. The predicted molar refractivity (Wildman–Crippen MR) is 84.0 cm³/mol. The second-order valence-electron chi connectivity index (χ2n) is 5.23. The van der Waals surface area contributed by atoms with Crippen molar-refractivity contribution in [1.82, 2.24) is 5.32 Å². The number of rotatable bonds is 6. The molecule has 0 radical (unpaired) electrons. The van der Waals surface area contributed by atoms with Crippen LogP contribution in [0.1, 0.15) is 30.4 Å². The maximum absolute atomic E-state index is 12.1. The average Bonchev–Trinajstić information content (AvgIpc) is 2.54. The summed E-state index contributed by atoms with van der Waals surface area (Å²) in [5.41, 5.74) is 2.24. The Labute approximate surface area is 125 Å². The number of aliphatic hydroxyl groups excluding tert-OH is 1. The van der Waals surface area contributed by atoms with E-state index < -0.39 is 0 Å². The first kappa shape index (κ1) is 15.3. The lowest BCUT2D eigenvalue weighted by Crippen LogP contribution is -2.35. The van der Waals surface area contributed by atoms with Gasteiger partial charge >= 0.3 is 0 Å². The molecular weight excluding hydrogens is 262 g/mol. The molecule has 1 amide bonds. The van der Waals surface area contributed by atoms with Gasteiger partial charge in [-0.3, -0.25) is 4.79 Å². The fraction of sp³-hybridized carbons (Fsp3) is 0.278. The number of amides is 1. The molecule has 0 saturated carbocycles. The Morgan fingerprint density at radius 1 is 1.00 bits per heavy atom. The van der Waals surface area contributed by atoms with E-state index in [1.165, 1.54) is 0 Å². The molecule has 2 rings (SSSR count). The minimum absolute atomic E-state index is 0.0262. The van der Waals surface area contributed by atoms with Crippen molar-refractivity contribution < 1.29 is 9.90 Å². The molecule has 0 saturated heterocycles. The van der Waals surface area contributed by atoms with Crippen LogP contribution in [-0.4, -0.2) is 23.7 Å². The van der Waals surface area contributed by atoms with E-state index in [9.17, 15) is 4.79 Å². The molecule has 1 unspecified atom stereocenters. The fourth-order valence-corrected chi connectivity index (χ4v) is 2.36. The highest BCUT2D eigenvalue weighted by Gasteiger charge is 2.18. The molecule has 2 aromatic rings. The maximum atomic E-state index is 12.1. The second-order valence-corrected chi connectivity index (χ2v) is 5.23. The molecule has 3 heteroatoms. The summed E-state index contributed by atoms with van der Waals surface area (Å²) in [6.07, 6.45) is 0.373. The highest BCUT2D eigenvalue weighted by atomic mass is 16.3. The zero-order chi connectivity index (χ0) is 15.1. The highest BCUT2D eigenvalue weighted by molar-refractivity contribution is 5.77. The molecule has 1 atom stereocenters. The smallest absolute Gasteiger partial charge is 0.221 e. The van der Waals surface area contributed by atoms with Crippen molar-refractivity contribution in [3.8, 4) is 0 Å². The third-order valence-electron chi connectivity index (χ3n) is 3.47. The van der Waals surface area contributed by atoms with Crippen molar-refractivity contribution in [3.05, 3.63) is 71.8 Å². The molecule has 0 aliphatic rings. The van der Waals surface area contributed by atoms with Gasteiger partial charge in [-0.1, -0.05) is 60.7 Å². The van der Waals surface area contributed by atoms with Crippen LogP contribution in [0.2, 0.25) is 0 Å². The summed E-state index contributed by atoms with van der Waals surface area (Å²) in [5, 5.41) is 11.8. The van der Waals surface area contributed by atoms with Crippen molar-refractivity contribution >= 4 is 5.91 Å². The summed E-state index contributed by atoms with van der Waals surface area (Å²) in [4.78, 5) is 12.1. The third kappa shape index (κ3) is 4.43. The zero-order valence-corrected chi connectivity index (χ0v) is 12.2. The van der Waals surface area contributed by atoms with Gasteiger partial charge in [-0.05, 0) is 18.1 Å². The number of aliphatic hydroxyl groups is 1. The van der Waals surface area contributed by atoms with E-state index in [4.69, 9.17) is 5.11 Å². The maximum Gasteiger partial charge on any atom is 0.221 e. The van der Waals surface area contributed by atoms with E-state index in [1.807, 2.05) is 60.7 Å². The van der Waals surface area contributed by atoms with Gasteiger partial charge in [0.1, 0.15) is 0 Å². The van der Waals surface area contributed by atoms with Crippen molar-refractivity contribution in [2.75, 3.05) is 6.61 Å². The summed E-state index contributed by atoms with van der Waals surface area (Å²) < 4.78 is 0. The highest BCUT2D eigenvalue weighted by Crippen LogP contribution is 2.27. The van der Waals surface area contributed by atoms with Gasteiger partial charge in [-0.2, -0.15) is 0 Å². The lowest BCUT2D eigenvalue weighted by atomic mass is 9.88. The zero-order valence-electron chi connectivity index (χ0n) is 12.2. The predicted octanol–water partition coefficient (Wildman–Crippen LogP) is 2.71. The molecule has 0 heterocycles. The summed E-state index contributed by atoms with van der Waals surface area (Å²) in [7, 11) is 0. The number of carbonyl (C=O) groups is 1. The Balaban J connectivity index is 2.19. The Hall–Kier alpha value is -2.13. The fourth-order valence-electron chi connectivity index (χ4n) is 2.36. The van der Waals surface area contributed by atoms with Crippen LogP contribution < -0.4 is 5.32 Å². The Bertz CT molecular complexity index is 514. The van der Waals surface area contributed by atoms with Crippen LogP contribution >= 0.6 is 0 Å². The molecule has 0 bridgehead atoms. The second kappa shape index (κ2) is 7.60. The number of hydrogen-bond donors (Lipinski definition) is 2. The van der Waals surface area contributed by atoms with Crippen molar-refractivity contribution in [2.24, 2.45) is 0 Å².